The first-order valence-corrected chi connectivity index (χ1v) is 11.6. The zero-order valence-electron chi connectivity index (χ0n) is 14.2. The molecular weight excluding hydrogens is 400 g/mol. The third kappa shape index (κ3) is 3.44. The van der Waals surface area contributed by atoms with E-state index in [4.69, 9.17) is 0 Å². The Morgan fingerprint density at radius 3 is 1.69 bits per heavy atom. The van der Waals surface area contributed by atoms with Gasteiger partial charge in [-0.25, -0.2) is 9.97 Å². The zero-order valence-corrected chi connectivity index (χ0v) is 17.5. The van der Waals surface area contributed by atoms with E-state index in [1.165, 1.54) is 0 Å². The highest BCUT2D eigenvalue weighted by molar-refractivity contribution is 7.21. The molecule has 0 spiro atoms. The van der Waals surface area contributed by atoms with Crippen molar-refractivity contribution in [2.75, 3.05) is 0 Å². The molecule has 0 saturated heterocycles. The number of thiazole rings is 2. The Bertz CT molecular complexity index is 918. The molecule has 4 rings (SSSR count). The molecule has 132 valence electrons. The van der Waals surface area contributed by atoms with Gasteiger partial charge in [0.1, 0.15) is 15.8 Å². The number of hydrogen-bond donors (Lipinski definition) is 0. The Morgan fingerprint density at radius 2 is 1.31 bits per heavy atom. The molecule has 26 heavy (non-hydrogen) atoms. The number of nitrogens with zero attached hydrogens (tertiary/aromatic N) is 2. The molecule has 0 saturated carbocycles. The topological polar surface area (TPSA) is 42.9 Å². The van der Waals surface area contributed by atoms with E-state index in [-0.39, 0.29) is 17.6 Å². The maximum absolute atomic E-state index is 13.0. The van der Waals surface area contributed by atoms with Gasteiger partial charge in [-0.3, -0.25) is 4.79 Å². The lowest BCUT2D eigenvalue weighted by Gasteiger charge is -2.13. The number of carbonyl (C=O) groups excluding carboxylic acids is 1. The highest BCUT2D eigenvalue weighted by atomic mass is 32.1. The quantitative estimate of drug-likeness (QED) is 0.359. The second kappa shape index (κ2) is 7.52. The summed E-state index contributed by atoms with van der Waals surface area (Å²) in [5, 5.41) is 6.06. The Morgan fingerprint density at radius 1 is 0.846 bits per heavy atom. The Hall–Kier alpha value is -1.67. The van der Waals surface area contributed by atoms with Crippen LogP contribution in [0.2, 0.25) is 0 Å². The van der Waals surface area contributed by atoms with Gasteiger partial charge >= 0.3 is 0 Å². The standard InChI is InChI=1S/C19H16N2OS4/c1-11(15-9-20-18(25-15)13-5-3-7-23-13)17(22)12(2)16-10-21-19(26-16)14-6-4-8-24-14/h3-12H,1-2H3. The minimum absolute atomic E-state index is 0.163. The Kier molecular flexibility index (Phi) is 5.13. The van der Waals surface area contributed by atoms with E-state index >= 15 is 0 Å². The van der Waals surface area contributed by atoms with Crippen LogP contribution in [0, 0.1) is 0 Å². The highest BCUT2D eigenvalue weighted by Crippen LogP contribution is 2.37. The average Bonchev–Trinajstić information content (AvgIpc) is 3.43. The summed E-state index contributed by atoms with van der Waals surface area (Å²) >= 11 is 6.56. The highest BCUT2D eigenvalue weighted by Gasteiger charge is 2.26. The zero-order chi connectivity index (χ0) is 18.1. The fraction of sp³-hybridized carbons (Fsp3) is 0.211. The van der Waals surface area contributed by atoms with E-state index in [9.17, 15) is 4.79 Å². The summed E-state index contributed by atoms with van der Waals surface area (Å²) in [6, 6.07) is 8.16. The molecule has 4 aromatic heterocycles. The van der Waals surface area contributed by atoms with Crippen LogP contribution in [0.3, 0.4) is 0 Å². The number of hydrogen-bond acceptors (Lipinski definition) is 7. The van der Waals surface area contributed by atoms with Crippen LogP contribution in [-0.4, -0.2) is 15.8 Å². The second-order valence-electron chi connectivity index (χ2n) is 5.94. The molecule has 4 aromatic rings. The summed E-state index contributed by atoms with van der Waals surface area (Å²) in [6.07, 6.45) is 3.69. The first-order chi connectivity index (χ1) is 12.6. The number of ketones is 1. The first-order valence-electron chi connectivity index (χ1n) is 8.16. The van der Waals surface area contributed by atoms with Crippen LogP contribution in [0.1, 0.15) is 35.4 Å². The SMILES string of the molecule is CC(C(=O)C(C)c1cnc(-c2cccs2)s1)c1cnc(-c2cccs2)s1. The van der Waals surface area contributed by atoms with Crippen LogP contribution in [0.25, 0.3) is 19.8 Å². The van der Waals surface area contributed by atoms with Crippen LogP contribution in [0.5, 0.6) is 0 Å². The van der Waals surface area contributed by atoms with Gasteiger partial charge in [-0.2, -0.15) is 0 Å². The van der Waals surface area contributed by atoms with E-state index in [0.717, 1.165) is 29.5 Å². The molecule has 7 heteroatoms. The smallest absolute Gasteiger partial charge is 0.148 e. The van der Waals surface area contributed by atoms with Gasteiger partial charge < -0.3 is 0 Å². The molecule has 0 aliphatic heterocycles. The molecule has 0 aromatic carbocycles. The van der Waals surface area contributed by atoms with Crippen molar-refractivity contribution in [1.82, 2.24) is 9.97 Å². The summed E-state index contributed by atoms with van der Waals surface area (Å²) in [6.45, 7) is 3.96. The molecule has 2 atom stereocenters. The van der Waals surface area contributed by atoms with Crippen molar-refractivity contribution in [3.63, 3.8) is 0 Å². The van der Waals surface area contributed by atoms with E-state index in [0.29, 0.717) is 0 Å². The fourth-order valence-electron chi connectivity index (χ4n) is 2.66. The Labute approximate surface area is 168 Å². The van der Waals surface area contributed by atoms with Gasteiger partial charge in [-0.05, 0) is 22.9 Å². The van der Waals surface area contributed by atoms with Gasteiger partial charge in [0.25, 0.3) is 0 Å². The molecular formula is C19H16N2OS4. The fourth-order valence-corrected chi connectivity index (χ4v) is 6.22. The van der Waals surface area contributed by atoms with Crippen molar-refractivity contribution in [2.24, 2.45) is 0 Å². The summed E-state index contributed by atoms with van der Waals surface area (Å²) in [4.78, 5) is 26.3. The predicted molar refractivity (Wildman–Crippen MR) is 113 cm³/mol. The van der Waals surface area contributed by atoms with Gasteiger partial charge in [-0.1, -0.05) is 26.0 Å². The molecule has 0 aliphatic rings. The summed E-state index contributed by atoms with van der Waals surface area (Å²) in [5.74, 6) is -0.111. The molecule has 0 fully saturated rings. The van der Waals surface area contributed by atoms with E-state index in [1.54, 1.807) is 45.3 Å². The maximum atomic E-state index is 13.0. The molecule has 2 unspecified atom stereocenters. The van der Waals surface area contributed by atoms with Gasteiger partial charge in [0.2, 0.25) is 0 Å². The minimum Gasteiger partial charge on any atom is -0.298 e. The van der Waals surface area contributed by atoms with Crippen molar-refractivity contribution >= 4 is 51.1 Å². The summed E-state index contributed by atoms with van der Waals surface area (Å²) in [7, 11) is 0. The third-order valence-electron chi connectivity index (χ3n) is 4.22. The van der Waals surface area contributed by atoms with E-state index in [2.05, 4.69) is 22.1 Å². The first kappa shape index (κ1) is 17.7. The molecule has 4 heterocycles. The van der Waals surface area contributed by atoms with E-state index in [1.807, 2.05) is 49.1 Å². The van der Waals surface area contributed by atoms with Crippen molar-refractivity contribution in [3.05, 3.63) is 57.2 Å². The van der Waals surface area contributed by atoms with Gasteiger partial charge in [0.05, 0.1) is 21.6 Å². The number of carbonyl (C=O) groups is 1. The van der Waals surface area contributed by atoms with Crippen LogP contribution in [0.15, 0.2) is 47.4 Å². The number of Topliss-reactive ketones (excluding diaryl/α,β-unsaturated/α-hetero) is 1. The largest absolute Gasteiger partial charge is 0.298 e. The molecule has 3 nitrogen and oxygen atoms in total. The predicted octanol–water partition coefficient (Wildman–Crippen LogP) is 6.53. The number of rotatable bonds is 6. The summed E-state index contributed by atoms with van der Waals surface area (Å²) in [5.41, 5.74) is 0. The second-order valence-corrected chi connectivity index (χ2v) is 9.96. The van der Waals surface area contributed by atoms with Crippen molar-refractivity contribution in [1.29, 1.82) is 0 Å². The molecule has 0 bridgehead atoms. The molecule has 0 aliphatic carbocycles. The van der Waals surface area contributed by atoms with Gasteiger partial charge in [-0.15, -0.1) is 45.3 Å². The average molecular weight is 417 g/mol. The van der Waals surface area contributed by atoms with Gasteiger partial charge in [0, 0.05) is 22.1 Å². The monoisotopic (exact) mass is 416 g/mol. The summed E-state index contributed by atoms with van der Waals surface area (Å²) < 4.78 is 0. The van der Waals surface area contributed by atoms with Crippen molar-refractivity contribution in [3.8, 4) is 19.8 Å². The van der Waals surface area contributed by atoms with Crippen LogP contribution in [0.4, 0.5) is 0 Å². The molecule has 0 radical (unpaired) electrons. The number of aromatic nitrogens is 2. The normalized spacial score (nSPS) is 13.6. The van der Waals surface area contributed by atoms with Crippen LogP contribution >= 0.6 is 45.3 Å². The molecule has 0 amide bonds. The van der Waals surface area contributed by atoms with Gasteiger partial charge in [0.15, 0.2) is 0 Å². The van der Waals surface area contributed by atoms with E-state index < -0.39 is 0 Å². The van der Waals surface area contributed by atoms with Crippen LogP contribution in [-0.2, 0) is 4.79 Å². The van der Waals surface area contributed by atoms with Crippen molar-refractivity contribution in [2.45, 2.75) is 25.7 Å². The number of thiophene rings is 2. The lowest BCUT2D eigenvalue weighted by molar-refractivity contribution is -0.121. The van der Waals surface area contributed by atoms with Crippen molar-refractivity contribution < 1.29 is 4.79 Å². The lowest BCUT2D eigenvalue weighted by Crippen LogP contribution is -2.14. The lowest BCUT2D eigenvalue weighted by atomic mass is 9.94. The molecule has 0 N–H and O–H groups in total. The Balaban J connectivity index is 1.51. The minimum atomic E-state index is -0.163. The third-order valence-corrected chi connectivity index (χ3v) is 8.66. The van der Waals surface area contributed by atoms with Crippen LogP contribution < -0.4 is 0 Å². The maximum Gasteiger partial charge on any atom is 0.148 e.